The maximum atomic E-state index is 12.4. The predicted molar refractivity (Wildman–Crippen MR) is 107 cm³/mol. The van der Waals surface area contributed by atoms with Crippen LogP contribution < -0.4 is 25.0 Å². The molecule has 2 aromatic rings. The quantitative estimate of drug-likeness (QED) is 0.850. The van der Waals surface area contributed by atoms with Gasteiger partial charge in [-0.3, -0.25) is 0 Å². The van der Waals surface area contributed by atoms with E-state index in [-0.39, 0.29) is 18.1 Å². The summed E-state index contributed by atoms with van der Waals surface area (Å²) in [6, 6.07) is 11.7. The SMILES string of the molecule is CC(NC(=O)NC1CCN(c2ccccn2)CC1)c1ccc2c(c1)OCCO2. The molecule has 0 aliphatic carbocycles. The highest BCUT2D eigenvalue weighted by Gasteiger charge is 2.22. The molecule has 7 heteroatoms. The number of carbonyl (C=O) groups is 1. The van der Waals surface area contributed by atoms with Crippen LogP contribution in [0.5, 0.6) is 11.5 Å². The van der Waals surface area contributed by atoms with Gasteiger partial charge >= 0.3 is 6.03 Å². The Balaban J connectivity index is 1.27. The van der Waals surface area contributed by atoms with Crippen molar-refractivity contribution in [3.05, 3.63) is 48.2 Å². The van der Waals surface area contributed by atoms with Crippen molar-refractivity contribution in [1.29, 1.82) is 0 Å². The van der Waals surface area contributed by atoms with Gasteiger partial charge < -0.3 is 25.0 Å². The van der Waals surface area contributed by atoms with Crippen LogP contribution in [0.25, 0.3) is 0 Å². The third-order valence-electron chi connectivity index (χ3n) is 5.22. The molecule has 148 valence electrons. The van der Waals surface area contributed by atoms with Crippen LogP contribution in [0.3, 0.4) is 0 Å². The minimum atomic E-state index is -0.140. The molecule has 2 N–H and O–H groups in total. The lowest BCUT2D eigenvalue weighted by molar-refractivity contribution is 0.171. The van der Waals surface area contributed by atoms with Crippen LogP contribution >= 0.6 is 0 Å². The van der Waals surface area contributed by atoms with Crippen LogP contribution in [-0.4, -0.2) is 43.4 Å². The van der Waals surface area contributed by atoms with Crippen LogP contribution in [0.2, 0.25) is 0 Å². The Morgan fingerprint density at radius 3 is 2.68 bits per heavy atom. The number of hydrogen-bond donors (Lipinski definition) is 2. The maximum Gasteiger partial charge on any atom is 0.315 e. The fraction of sp³-hybridized carbons (Fsp3) is 0.429. The van der Waals surface area contributed by atoms with E-state index in [1.165, 1.54) is 0 Å². The second-order valence-corrected chi connectivity index (χ2v) is 7.19. The number of benzene rings is 1. The standard InChI is InChI=1S/C21H26N4O3/c1-15(16-5-6-18-19(14-16)28-13-12-27-18)23-21(26)24-17-7-10-25(11-8-17)20-4-2-3-9-22-20/h2-6,9,14-15,17H,7-8,10-13H2,1H3,(H2,23,24,26). The van der Waals surface area contributed by atoms with E-state index in [2.05, 4.69) is 20.5 Å². The molecule has 2 amide bonds. The summed E-state index contributed by atoms with van der Waals surface area (Å²) in [4.78, 5) is 19.1. The molecule has 0 spiro atoms. The van der Waals surface area contributed by atoms with Gasteiger partial charge in [0.15, 0.2) is 11.5 Å². The number of nitrogens with one attached hydrogen (secondary N) is 2. The van der Waals surface area contributed by atoms with Crippen LogP contribution in [-0.2, 0) is 0 Å². The number of amides is 2. The van der Waals surface area contributed by atoms with E-state index in [9.17, 15) is 4.79 Å². The second kappa shape index (κ2) is 8.37. The van der Waals surface area contributed by atoms with Crippen LogP contribution in [0.1, 0.15) is 31.4 Å². The molecule has 28 heavy (non-hydrogen) atoms. The number of aromatic nitrogens is 1. The Labute approximate surface area is 165 Å². The molecule has 1 fully saturated rings. The number of hydrogen-bond acceptors (Lipinski definition) is 5. The average Bonchev–Trinajstić information content (AvgIpc) is 2.74. The molecular weight excluding hydrogens is 356 g/mol. The van der Waals surface area contributed by atoms with Gasteiger partial charge in [0.2, 0.25) is 0 Å². The van der Waals surface area contributed by atoms with Gasteiger partial charge in [-0.15, -0.1) is 0 Å². The Kier molecular flexibility index (Phi) is 5.50. The topological polar surface area (TPSA) is 75.7 Å². The summed E-state index contributed by atoms with van der Waals surface area (Å²) >= 11 is 0. The number of carbonyl (C=O) groups excluding carboxylic acids is 1. The number of ether oxygens (including phenoxy) is 2. The van der Waals surface area contributed by atoms with E-state index in [0.29, 0.717) is 13.2 Å². The molecule has 0 radical (unpaired) electrons. The zero-order valence-electron chi connectivity index (χ0n) is 16.1. The molecule has 2 aliphatic rings. The van der Waals surface area contributed by atoms with Gasteiger partial charge in [-0.05, 0) is 49.6 Å². The minimum Gasteiger partial charge on any atom is -0.486 e. The molecule has 2 aliphatic heterocycles. The van der Waals surface area contributed by atoms with E-state index < -0.39 is 0 Å². The Morgan fingerprint density at radius 2 is 1.93 bits per heavy atom. The lowest BCUT2D eigenvalue weighted by atomic mass is 10.0. The number of urea groups is 1. The number of nitrogens with zero attached hydrogens (tertiary/aromatic N) is 2. The first-order valence-corrected chi connectivity index (χ1v) is 9.81. The summed E-state index contributed by atoms with van der Waals surface area (Å²) in [6.07, 6.45) is 3.62. The van der Waals surface area contributed by atoms with E-state index in [0.717, 1.165) is 48.8 Å². The van der Waals surface area contributed by atoms with Crippen molar-refractivity contribution in [2.45, 2.75) is 31.8 Å². The van der Waals surface area contributed by atoms with Crippen molar-refractivity contribution in [1.82, 2.24) is 15.6 Å². The van der Waals surface area contributed by atoms with Gasteiger partial charge in [0.05, 0.1) is 6.04 Å². The molecule has 1 aromatic heterocycles. The highest BCUT2D eigenvalue weighted by Crippen LogP contribution is 2.32. The van der Waals surface area contributed by atoms with Gasteiger partial charge in [0.25, 0.3) is 0 Å². The molecule has 1 atom stereocenters. The van der Waals surface area contributed by atoms with Crippen molar-refractivity contribution in [3.63, 3.8) is 0 Å². The highest BCUT2D eigenvalue weighted by molar-refractivity contribution is 5.74. The molecule has 7 nitrogen and oxygen atoms in total. The van der Waals surface area contributed by atoms with Crippen molar-refractivity contribution in [2.24, 2.45) is 0 Å². The van der Waals surface area contributed by atoms with Gasteiger partial charge in [-0.2, -0.15) is 0 Å². The van der Waals surface area contributed by atoms with Crippen LogP contribution in [0.4, 0.5) is 10.6 Å². The smallest absolute Gasteiger partial charge is 0.315 e. The molecule has 1 unspecified atom stereocenters. The summed E-state index contributed by atoms with van der Waals surface area (Å²) in [6.45, 7) is 4.87. The first-order chi connectivity index (χ1) is 13.7. The number of piperidine rings is 1. The van der Waals surface area contributed by atoms with E-state index in [1.54, 1.807) is 0 Å². The molecule has 0 saturated carbocycles. The largest absolute Gasteiger partial charge is 0.486 e. The fourth-order valence-corrected chi connectivity index (χ4v) is 3.63. The third kappa shape index (κ3) is 4.30. The van der Waals surface area contributed by atoms with Gasteiger partial charge in [0.1, 0.15) is 19.0 Å². The summed E-state index contributed by atoms with van der Waals surface area (Å²) < 4.78 is 11.2. The average molecular weight is 382 g/mol. The van der Waals surface area contributed by atoms with Gasteiger partial charge in [-0.1, -0.05) is 12.1 Å². The van der Waals surface area contributed by atoms with E-state index in [1.807, 2.05) is 49.5 Å². The summed E-state index contributed by atoms with van der Waals surface area (Å²) in [5.74, 6) is 2.49. The first-order valence-electron chi connectivity index (χ1n) is 9.81. The van der Waals surface area contributed by atoms with Crippen LogP contribution in [0, 0.1) is 0 Å². The summed E-state index contributed by atoms with van der Waals surface area (Å²) in [5.41, 5.74) is 0.990. The highest BCUT2D eigenvalue weighted by atomic mass is 16.6. The Bertz CT molecular complexity index is 807. The first kappa shape index (κ1) is 18.4. The third-order valence-corrected chi connectivity index (χ3v) is 5.22. The normalized spacial score (nSPS) is 17.7. The Morgan fingerprint density at radius 1 is 1.14 bits per heavy atom. The monoisotopic (exact) mass is 382 g/mol. The number of anilines is 1. The van der Waals surface area contributed by atoms with Gasteiger partial charge in [-0.25, -0.2) is 9.78 Å². The van der Waals surface area contributed by atoms with Crippen molar-refractivity contribution in [3.8, 4) is 11.5 Å². The lowest BCUT2D eigenvalue weighted by Crippen LogP contribution is -2.48. The van der Waals surface area contributed by atoms with Crippen LogP contribution in [0.15, 0.2) is 42.6 Å². The molecule has 0 bridgehead atoms. The summed E-state index contributed by atoms with van der Waals surface area (Å²) in [5, 5.41) is 6.12. The maximum absolute atomic E-state index is 12.4. The number of rotatable bonds is 4. The molecule has 4 rings (SSSR count). The fourth-order valence-electron chi connectivity index (χ4n) is 3.63. The molecule has 3 heterocycles. The van der Waals surface area contributed by atoms with E-state index >= 15 is 0 Å². The minimum absolute atomic E-state index is 0.121. The predicted octanol–water partition coefficient (Wildman–Crippen LogP) is 2.88. The number of pyridine rings is 1. The molecular formula is C21H26N4O3. The van der Waals surface area contributed by atoms with Crippen molar-refractivity contribution >= 4 is 11.8 Å². The van der Waals surface area contributed by atoms with Gasteiger partial charge in [0, 0.05) is 25.3 Å². The zero-order chi connectivity index (χ0) is 19.3. The van der Waals surface area contributed by atoms with Crippen molar-refractivity contribution < 1.29 is 14.3 Å². The lowest BCUT2D eigenvalue weighted by Gasteiger charge is -2.33. The zero-order valence-corrected chi connectivity index (χ0v) is 16.1. The Hall–Kier alpha value is -2.96. The summed E-state index contributed by atoms with van der Waals surface area (Å²) in [7, 11) is 0. The molecule has 1 aromatic carbocycles. The van der Waals surface area contributed by atoms with Crippen molar-refractivity contribution in [2.75, 3.05) is 31.2 Å². The number of fused-ring (bicyclic) bond motifs is 1. The van der Waals surface area contributed by atoms with E-state index in [4.69, 9.17) is 9.47 Å². The molecule has 1 saturated heterocycles. The second-order valence-electron chi connectivity index (χ2n) is 7.19.